The molecule has 5 unspecified atom stereocenters. The predicted octanol–water partition coefficient (Wildman–Crippen LogP) is -1.02. The third kappa shape index (κ3) is 4.01. The van der Waals surface area contributed by atoms with Gasteiger partial charge in [-0.1, -0.05) is 21.6 Å². The number of carbonyl (C=O) groups excluding carboxylic acids is 1. The smallest absolute Gasteiger partial charge is 0.231 e. The number of carbonyl (C=O) groups is 1. The fourth-order valence-corrected chi connectivity index (χ4v) is 2.83. The Hall–Kier alpha value is 0.01000. The summed E-state index contributed by atoms with van der Waals surface area (Å²) >= 11 is 0. The predicted molar refractivity (Wildman–Crippen MR) is 71.3 cm³/mol. The average Bonchev–Trinajstić information content (AvgIpc) is 2.36. The number of nitrogens with one attached hydrogen (secondary N) is 1. The molecule has 1 rings (SSSR count). The van der Waals surface area contributed by atoms with Crippen molar-refractivity contribution in [1.29, 1.82) is 0 Å². The molecular formula is C10H19NO5S2. The van der Waals surface area contributed by atoms with E-state index in [-0.39, 0.29) is 18.3 Å². The molecule has 18 heavy (non-hydrogen) atoms. The maximum Gasteiger partial charge on any atom is 0.231 e. The van der Waals surface area contributed by atoms with Gasteiger partial charge in [-0.15, -0.1) is 0 Å². The molecule has 0 aromatic carbocycles. The zero-order chi connectivity index (χ0) is 13.7. The first-order valence-corrected chi connectivity index (χ1v) is 8.31. The molecule has 1 amide bonds. The van der Waals surface area contributed by atoms with Crippen LogP contribution >= 0.6 is 21.6 Å². The second-order valence-electron chi connectivity index (χ2n) is 4.07. The summed E-state index contributed by atoms with van der Waals surface area (Å²) < 4.78 is 5.35. The maximum atomic E-state index is 11.6. The molecular weight excluding hydrogens is 278 g/mol. The average molecular weight is 297 g/mol. The van der Waals surface area contributed by atoms with Crippen molar-refractivity contribution in [2.24, 2.45) is 0 Å². The summed E-state index contributed by atoms with van der Waals surface area (Å²) in [5.74, 6) is 0.0555. The molecule has 6 nitrogen and oxygen atoms in total. The molecule has 8 heteroatoms. The molecule has 0 saturated carbocycles. The molecule has 1 saturated heterocycles. The molecule has 0 aromatic heterocycles. The summed E-state index contributed by atoms with van der Waals surface area (Å²) in [5.41, 5.74) is 0. The van der Waals surface area contributed by atoms with Crippen LogP contribution in [-0.4, -0.2) is 70.3 Å². The van der Waals surface area contributed by atoms with Crippen LogP contribution in [0.2, 0.25) is 0 Å². The van der Waals surface area contributed by atoms with E-state index in [1.807, 2.05) is 6.26 Å². The Kier molecular flexibility index (Phi) is 6.75. The van der Waals surface area contributed by atoms with Gasteiger partial charge in [0.05, 0.1) is 24.5 Å². The lowest BCUT2D eigenvalue weighted by Gasteiger charge is -2.41. The minimum atomic E-state index is -1.20. The van der Waals surface area contributed by atoms with Crippen LogP contribution in [0.15, 0.2) is 0 Å². The van der Waals surface area contributed by atoms with Crippen molar-refractivity contribution < 1.29 is 24.9 Å². The summed E-state index contributed by atoms with van der Waals surface area (Å²) in [4.78, 5) is 11.6. The van der Waals surface area contributed by atoms with Crippen LogP contribution in [0.25, 0.3) is 0 Å². The first kappa shape index (κ1) is 16.1. The van der Waals surface area contributed by atoms with Crippen molar-refractivity contribution in [3.05, 3.63) is 0 Å². The second-order valence-corrected chi connectivity index (χ2v) is 6.63. The Labute approximate surface area is 114 Å². The minimum absolute atomic E-state index is 0.219. The first-order valence-electron chi connectivity index (χ1n) is 5.58. The second kappa shape index (κ2) is 7.56. The quantitative estimate of drug-likeness (QED) is 0.482. The summed E-state index contributed by atoms with van der Waals surface area (Å²) in [7, 11) is 2.87. The van der Waals surface area contributed by atoms with Gasteiger partial charge in [-0.3, -0.25) is 4.79 Å². The van der Waals surface area contributed by atoms with Gasteiger partial charge in [-0.25, -0.2) is 0 Å². The molecule has 1 aliphatic heterocycles. The van der Waals surface area contributed by atoms with Crippen LogP contribution in [0.3, 0.4) is 0 Å². The highest BCUT2D eigenvalue weighted by atomic mass is 33.1. The number of hydrogen-bond donors (Lipinski definition) is 4. The number of aliphatic hydroxyl groups excluding tert-OH is 3. The zero-order valence-corrected chi connectivity index (χ0v) is 11.9. The van der Waals surface area contributed by atoms with Crippen LogP contribution in [0, 0.1) is 0 Å². The van der Waals surface area contributed by atoms with Crippen LogP contribution in [0.1, 0.15) is 6.92 Å². The molecule has 0 spiro atoms. The Balaban J connectivity index is 2.57. The maximum absolute atomic E-state index is 11.6. The van der Waals surface area contributed by atoms with Crippen LogP contribution < -0.4 is 5.32 Å². The molecule has 106 valence electrons. The Morgan fingerprint density at radius 1 is 1.39 bits per heavy atom. The van der Waals surface area contributed by atoms with Crippen molar-refractivity contribution >= 4 is 27.5 Å². The third-order valence-corrected chi connectivity index (χ3v) is 4.49. The molecule has 5 atom stereocenters. The Morgan fingerprint density at radius 3 is 2.61 bits per heavy atom. The molecule has 1 aliphatic rings. The van der Waals surface area contributed by atoms with Gasteiger partial charge in [0.2, 0.25) is 5.91 Å². The lowest BCUT2D eigenvalue weighted by atomic mass is 9.93. The summed E-state index contributed by atoms with van der Waals surface area (Å²) in [5, 5.41) is 31.3. The molecule has 0 aromatic rings. The largest absolute Gasteiger partial charge is 0.394 e. The number of amides is 1. The van der Waals surface area contributed by atoms with E-state index in [4.69, 9.17) is 9.84 Å². The normalized spacial score (nSPS) is 36.4. The Bertz CT molecular complexity index is 281. The fourth-order valence-electron chi connectivity index (χ4n) is 1.84. The van der Waals surface area contributed by atoms with Crippen molar-refractivity contribution in [3.8, 4) is 0 Å². The highest BCUT2D eigenvalue weighted by Crippen LogP contribution is 2.21. The summed E-state index contributed by atoms with van der Waals surface area (Å²) in [6, 6.07) is -0.669. The SMILES string of the molecule is CSSCC(=O)NC1C(C)OC(CO)C(O)C1O. The molecule has 0 aliphatic carbocycles. The number of rotatable bonds is 5. The molecule has 1 heterocycles. The van der Waals surface area contributed by atoms with E-state index in [2.05, 4.69) is 5.32 Å². The minimum Gasteiger partial charge on any atom is -0.394 e. The van der Waals surface area contributed by atoms with Gasteiger partial charge in [0.1, 0.15) is 18.3 Å². The van der Waals surface area contributed by atoms with Crippen molar-refractivity contribution in [2.45, 2.75) is 37.4 Å². The van der Waals surface area contributed by atoms with Crippen molar-refractivity contribution in [1.82, 2.24) is 5.32 Å². The van der Waals surface area contributed by atoms with Gasteiger partial charge in [0.25, 0.3) is 0 Å². The van der Waals surface area contributed by atoms with E-state index < -0.39 is 30.5 Å². The van der Waals surface area contributed by atoms with Crippen LogP contribution in [-0.2, 0) is 9.53 Å². The third-order valence-electron chi connectivity index (χ3n) is 2.81. The van der Waals surface area contributed by atoms with Gasteiger partial charge < -0.3 is 25.4 Å². The van der Waals surface area contributed by atoms with E-state index in [1.54, 1.807) is 6.92 Å². The lowest BCUT2D eigenvalue weighted by molar-refractivity contribution is -0.190. The van der Waals surface area contributed by atoms with Gasteiger partial charge in [0, 0.05) is 0 Å². The van der Waals surface area contributed by atoms with E-state index >= 15 is 0 Å². The van der Waals surface area contributed by atoms with E-state index in [9.17, 15) is 15.0 Å². The monoisotopic (exact) mass is 297 g/mol. The summed E-state index contributed by atoms with van der Waals surface area (Å²) in [6.07, 6.45) is -1.76. The first-order chi connectivity index (χ1) is 8.51. The standard InChI is InChI=1S/C10H19NO5S2/c1-5-8(11-7(13)4-18-17-2)10(15)9(14)6(3-12)16-5/h5-6,8-10,12,14-15H,3-4H2,1-2H3,(H,11,13). The number of ether oxygens (including phenoxy) is 1. The zero-order valence-electron chi connectivity index (χ0n) is 10.3. The van der Waals surface area contributed by atoms with Gasteiger partial charge in [-0.05, 0) is 13.2 Å². The van der Waals surface area contributed by atoms with Gasteiger partial charge in [-0.2, -0.15) is 0 Å². The van der Waals surface area contributed by atoms with Crippen molar-refractivity contribution in [2.75, 3.05) is 18.6 Å². The van der Waals surface area contributed by atoms with E-state index in [1.165, 1.54) is 21.6 Å². The number of hydrogen-bond acceptors (Lipinski definition) is 7. The highest BCUT2D eigenvalue weighted by molar-refractivity contribution is 8.76. The van der Waals surface area contributed by atoms with E-state index in [0.717, 1.165) is 0 Å². The van der Waals surface area contributed by atoms with Crippen LogP contribution in [0.5, 0.6) is 0 Å². The van der Waals surface area contributed by atoms with Crippen molar-refractivity contribution in [3.63, 3.8) is 0 Å². The van der Waals surface area contributed by atoms with Crippen LogP contribution in [0.4, 0.5) is 0 Å². The highest BCUT2D eigenvalue weighted by Gasteiger charge is 2.42. The summed E-state index contributed by atoms with van der Waals surface area (Å²) in [6.45, 7) is 1.32. The molecule has 4 N–H and O–H groups in total. The van der Waals surface area contributed by atoms with Gasteiger partial charge in [0.15, 0.2) is 0 Å². The molecule has 0 radical (unpaired) electrons. The topological polar surface area (TPSA) is 99.0 Å². The van der Waals surface area contributed by atoms with Gasteiger partial charge >= 0.3 is 0 Å². The van der Waals surface area contributed by atoms with E-state index in [0.29, 0.717) is 0 Å². The Morgan fingerprint density at radius 2 is 2.06 bits per heavy atom. The molecule has 0 bridgehead atoms. The fraction of sp³-hybridized carbons (Fsp3) is 0.900. The lowest BCUT2D eigenvalue weighted by Crippen LogP contribution is -2.63. The molecule has 1 fully saturated rings. The number of aliphatic hydroxyl groups is 3.